The van der Waals surface area contributed by atoms with Crippen LogP contribution in [0.1, 0.15) is 13.2 Å². The summed E-state index contributed by atoms with van der Waals surface area (Å²) in [5, 5.41) is 20.6. The highest BCUT2D eigenvalue weighted by molar-refractivity contribution is 7.98. The fraction of sp³-hybridized carbons (Fsp3) is 0.545. The number of rotatable bonds is 2. The molecular weight excluding hydrogens is 304 g/mol. The van der Waals surface area contributed by atoms with Crippen molar-refractivity contribution in [1.29, 1.82) is 0 Å². The molecule has 3 rings (SSSR count). The van der Waals surface area contributed by atoms with E-state index in [0.29, 0.717) is 16.2 Å². The van der Waals surface area contributed by atoms with Crippen molar-refractivity contribution in [2.75, 3.05) is 6.26 Å². The minimum atomic E-state index is -1.05. The number of thioether (sulfide) groups is 1. The van der Waals surface area contributed by atoms with Crippen molar-refractivity contribution < 1.29 is 14.9 Å². The number of aliphatic hydroxyl groups is 2. The number of halogens is 1. The average molecular weight is 317 g/mol. The molecule has 0 aliphatic carbocycles. The zero-order valence-electron chi connectivity index (χ0n) is 10.8. The van der Waals surface area contributed by atoms with E-state index in [2.05, 4.69) is 15.0 Å². The molecule has 1 fully saturated rings. The first kappa shape index (κ1) is 14.0. The van der Waals surface area contributed by atoms with Gasteiger partial charge >= 0.3 is 0 Å². The number of imidazole rings is 1. The van der Waals surface area contributed by atoms with Crippen molar-refractivity contribution >= 4 is 34.5 Å². The second-order valence-corrected chi connectivity index (χ2v) is 5.67. The van der Waals surface area contributed by atoms with E-state index in [0.717, 1.165) is 0 Å². The van der Waals surface area contributed by atoms with Crippen LogP contribution >= 0.6 is 23.4 Å². The van der Waals surface area contributed by atoms with Gasteiger partial charge in [0.05, 0.1) is 12.4 Å². The van der Waals surface area contributed by atoms with Gasteiger partial charge in [0.1, 0.15) is 22.8 Å². The summed E-state index contributed by atoms with van der Waals surface area (Å²) in [6, 6.07) is 0. The topological polar surface area (TPSA) is 93.3 Å². The Bertz CT molecular complexity index is 652. The lowest BCUT2D eigenvalue weighted by Crippen LogP contribution is -2.30. The first-order chi connectivity index (χ1) is 9.52. The molecule has 108 valence electrons. The number of aliphatic hydroxyl groups excluding tert-OH is 2. The molecule has 2 N–H and O–H groups in total. The Hall–Kier alpha value is -0.930. The van der Waals surface area contributed by atoms with Crippen LogP contribution in [0.4, 0.5) is 0 Å². The molecule has 1 aliphatic heterocycles. The maximum atomic E-state index is 10.0. The molecule has 0 unspecified atom stereocenters. The second kappa shape index (κ2) is 5.12. The number of hydrogen-bond acceptors (Lipinski definition) is 7. The van der Waals surface area contributed by atoms with Crippen molar-refractivity contribution in [3.8, 4) is 0 Å². The number of aromatic nitrogens is 4. The highest BCUT2D eigenvalue weighted by atomic mass is 35.5. The van der Waals surface area contributed by atoms with Crippen LogP contribution in [-0.4, -0.2) is 54.3 Å². The fourth-order valence-electron chi connectivity index (χ4n) is 2.25. The van der Waals surface area contributed by atoms with E-state index in [-0.39, 0.29) is 5.28 Å². The summed E-state index contributed by atoms with van der Waals surface area (Å²) in [5.41, 5.74) is 1.06. The van der Waals surface area contributed by atoms with Gasteiger partial charge in [-0.2, -0.15) is 4.98 Å². The third-order valence-corrected chi connectivity index (χ3v) is 4.15. The van der Waals surface area contributed by atoms with Crippen LogP contribution in [0, 0.1) is 0 Å². The number of nitrogens with zero attached hydrogens (tertiary/aromatic N) is 4. The third kappa shape index (κ3) is 2.08. The van der Waals surface area contributed by atoms with Gasteiger partial charge in [-0.1, -0.05) is 0 Å². The first-order valence-electron chi connectivity index (χ1n) is 5.98. The van der Waals surface area contributed by atoms with Crippen LogP contribution in [0.5, 0.6) is 0 Å². The third-order valence-electron chi connectivity index (χ3n) is 3.31. The molecular formula is C11H13ClN4O3S. The van der Waals surface area contributed by atoms with Crippen LogP contribution in [0.25, 0.3) is 11.2 Å². The van der Waals surface area contributed by atoms with E-state index in [9.17, 15) is 10.2 Å². The smallest absolute Gasteiger partial charge is 0.225 e. The van der Waals surface area contributed by atoms with Crippen molar-refractivity contribution in [3.63, 3.8) is 0 Å². The van der Waals surface area contributed by atoms with Crippen LogP contribution < -0.4 is 0 Å². The monoisotopic (exact) mass is 316 g/mol. The maximum absolute atomic E-state index is 10.0. The predicted molar refractivity (Wildman–Crippen MR) is 73.7 cm³/mol. The first-order valence-corrected chi connectivity index (χ1v) is 7.59. The van der Waals surface area contributed by atoms with Crippen LogP contribution in [0.3, 0.4) is 0 Å². The summed E-state index contributed by atoms with van der Waals surface area (Å²) < 4.78 is 7.13. The molecule has 0 aromatic carbocycles. The summed E-state index contributed by atoms with van der Waals surface area (Å²) in [4.78, 5) is 12.5. The Labute approximate surface area is 124 Å². The molecule has 20 heavy (non-hydrogen) atoms. The molecule has 1 aliphatic rings. The Morgan fingerprint density at radius 3 is 2.70 bits per heavy atom. The number of hydrogen-bond donors (Lipinski definition) is 2. The molecule has 2 aromatic heterocycles. The van der Waals surface area contributed by atoms with Gasteiger partial charge in [-0.05, 0) is 24.8 Å². The van der Waals surface area contributed by atoms with Gasteiger partial charge in [0.25, 0.3) is 0 Å². The molecule has 1 saturated heterocycles. The highest BCUT2D eigenvalue weighted by Crippen LogP contribution is 2.32. The molecule has 0 amide bonds. The molecule has 3 heterocycles. The average Bonchev–Trinajstić information content (AvgIpc) is 2.94. The van der Waals surface area contributed by atoms with Crippen molar-refractivity contribution in [1.82, 2.24) is 19.5 Å². The zero-order valence-corrected chi connectivity index (χ0v) is 12.3. The van der Waals surface area contributed by atoms with Crippen LogP contribution in [-0.2, 0) is 4.74 Å². The summed E-state index contributed by atoms with van der Waals surface area (Å²) >= 11 is 7.31. The lowest BCUT2D eigenvalue weighted by Gasteiger charge is -2.16. The Balaban J connectivity index is 2.11. The molecule has 0 saturated carbocycles. The predicted octanol–water partition coefficient (Wildman–Crippen LogP) is 0.841. The maximum Gasteiger partial charge on any atom is 0.225 e. The van der Waals surface area contributed by atoms with Gasteiger partial charge < -0.3 is 14.9 Å². The number of fused-ring (bicyclic) bond motifs is 1. The molecule has 0 spiro atoms. The molecule has 4 atom stereocenters. The summed E-state index contributed by atoms with van der Waals surface area (Å²) in [6.45, 7) is 1.70. The number of ether oxygens (including phenoxy) is 1. The van der Waals surface area contributed by atoms with E-state index < -0.39 is 24.5 Å². The lowest BCUT2D eigenvalue weighted by molar-refractivity contribution is -0.0299. The summed E-state index contributed by atoms with van der Waals surface area (Å²) in [6.07, 6.45) is 0.164. The largest absolute Gasteiger partial charge is 0.388 e. The Morgan fingerprint density at radius 1 is 1.35 bits per heavy atom. The van der Waals surface area contributed by atoms with Crippen LogP contribution in [0.15, 0.2) is 11.4 Å². The molecule has 7 nitrogen and oxygen atoms in total. The molecule has 2 aromatic rings. The molecule has 9 heteroatoms. The summed E-state index contributed by atoms with van der Waals surface area (Å²) in [7, 11) is 0. The zero-order chi connectivity index (χ0) is 14.4. The van der Waals surface area contributed by atoms with Crippen LogP contribution in [0.2, 0.25) is 5.28 Å². The minimum absolute atomic E-state index is 0.102. The fourth-order valence-corrected chi connectivity index (χ4v) is 2.98. The highest BCUT2D eigenvalue weighted by Gasteiger charge is 2.42. The quantitative estimate of drug-likeness (QED) is 0.482. The molecule has 0 bridgehead atoms. The SMILES string of the molecule is CSc1nc(Cl)nc2c1ncn2[C@@H]1O[C@H](C)[C@@H](O)[C@H]1O. The normalized spacial score (nSPS) is 30.2. The van der Waals surface area contributed by atoms with Gasteiger partial charge in [-0.15, -0.1) is 11.8 Å². The standard InChI is InChI=1S/C11H13ClN4O3S/c1-4-6(17)7(18)10(19-4)16-3-13-5-8(16)14-11(12)15-9(5)20-2/h3-4,6-7,10,17-18H,1-2H3/t4-,6-,7-,10-/m1/s1. The van der Waals surface area contributed by atoms with E-state index in [1.807, 2.05) is 6.26 Å². The van der Waals surface area contributed by atoms with Gasteiger partial charge in [-0.25, -0.2) is 9.97 Å². The Morgan fingerprint density at radius 2 is 2.10 bits per heavy atom. The lowest BCUT2D eigenvalue weighted by atomic mass is 10.1. The van der Waals surface area contributed by atoms with E-state index >= 15 is 0 Å². The van der Waals surface area contributed by atoms with Gasteiger partial charge in [-0.3, -0.25) is 4.57 Å². The van der Waals surface area contributed by atoms with E-state index in [1.165, 1.54) is 18.1 Å². The van der Waals surface area contributed by atoms with Gasteiger partial charge in [0.2, 0.25) is 5.28 Å². The van der Waals surface area contributed by atoms with Gasteiger partial charge in [0.15, 0.2) is 11.9 Å². The second-order valence-electron chi connectivity index (χ2n) is 4.54. The van der Waals surface area contributed by atoms with Crippen molar-refractivity contribution in [2.24, 2.45) is 0 Å². The molecule has 0 radical (unpaired) electrons. The van der Waals surface area contributed by atoms with Crippen molar-refractivity contribution in [3.05, 3.63) is 11.6 Å². The van der Waals surface area contributed by atoms with Crippen molar-refractivity contribution in [2.45, 2.75) is 36.5 Å². The van der Waals surface area contributed by atoms with Gasteiger partial charge in [0, 0.05) is 0 Å². The summed E-state index contributed by atoms with van der Waals surface area (Å²) in [5.74, 6) is 0. The van der Waals surface area contributed by atoms with E-state index in [1.54, 1.807) is 11.5 Å². The van der Waals surface area contributed by atoms with E-state index in [4.69, 9.17) is 16.3 Å². The Kier molecular flexibility index (Phi) is 3.59. The minimum Gasteiger partial charge on any atom is -0.388 e.